The van der Waals surface area contributed by atoms with E-state index in [0.29, 0.717) is 42.1 Å². The molecule has 0 spiro atoms. The molecule has 130 valence electrons. The van der Waals surface area contributed by atoms with Crippen LogP contribution in [-0.2, 0) is 0 Å². The smallest absolute Gasteiger partial charge is 0.163 e. The van der Waals surface area contributed by atoms with Gasteiger partial charge in [-0.25, -0.2) is 0 Å². The van der Waals surface area contributed by atoms with Gasteiger partial charge in [0, 0.05) is 12.0 Å². The van der Waals surface area contributed by atoms with Gasteiger partial charge in [-0.15, -0.1) is 0 Å². The molecule has 0 amide bonds. The van der Waals surface area contributed by atoms with Crippen molar-refractivity contribution in [3.05, 3.63) is 23.3 Å². The molecule has 2 saturated carbocycles. The molecule has 0 radical (unpaired) electrons. The van der Waals surface area contributed by atoms with Gasteiger partial charge in [0.1, 0.15) is 0 Å². The number of phenolic OH excluding ortho intramolecular Hbond substituents is 1. The number of aromatic hydroxyl groups is 1. The molecule has 3 aliphatic rings. The lowest BCUT2D eigenvalue weighted by Crippen LogP contribution is -2.44. The quantitative estimate of drug-likeness (QED) is 0.868. The predicted molar refractivity (Wildman–Crippen MR) is 90.5 cm³/mol. The van der Waals surface area contributed by atoms with Crippen LogP contribution in [0.1, 0.15) is 67.8 Å². The van der Waals surface area contributed by atoms with Crippen LogP contribution in [0.3, 0.4) is 0 Å². The average molecular weight is 330 g/mol. The molecule has 0 bridgehead atoms. The molecule has 4 rings (SSSR count). The Hall–Kier alpha value is -1.55. The third kappa shape index (κ3) is 2.12. The summed E-state index contributed by atoms with van der Waals surface area (Å²) < 4.78 is 5.54. The van der Waals surface area contributed by atoms with E-state index < -0.39 is 0 Å². The lowest BCUT2D eigenvalue weighted by Gasteiger charge is -2.49. The van der Waals surface area contributed by atoms with Crippen molar-refractivity contribution in [2.24, 2.45) is 17.3 Å². The Labute approximate surface area is 142 Å². The van der Waals surface area contributed by atoms with Gasteiger partial charge in [0.2, 0.25) is 0 Å². The number of phenols is 1. The van der Waals surface area contributed by atoms with Crippen LogP contribution < -0.4 is 4.74 Å². The Bertz CT molecular complexity index is 682. The van der Waals surface area contributed by atoms with E-state index in [1.807, 2.05) is 13.0 Å². The Morgan fingerprint density at radius 3 is 2.83 bits per heavy atom. The van der Waals surface area contributed by atoms with Crippen LogP contribution >= 0.6 is 0 Å². The molecular weight excluding hydrogens is 304 g/mol. The number of hydrogen-bond donors (Lipinski definition) is 2. The fraction of sp³-hybridized carbons (Fsp3) is 0.650. The molecule has 0 unspecified atom stereocenters. The zero-order valence-corrected chi connectivity index (χ0v) is 14.4. The van der Waals surface area contributed by atoms with Gasteiger partial charge in [-0.05, 0) is 73.5 Å². The van der Waals surface area contributed by atoms with Crippen molar-refractivity contribution in [1.82, 2.24) is 0 Å². The number of benzene rings is 1. The summed E-state index contributed by atoms with van der Waals surface area (Å²) in [6.45, 7) is 4.58. The van der Waals surface area contributed by atoms with Crippen LogP contribution in [0, 0.1) is 17.3 Å². The van der Waals surface area contributed by atoms with Crippen molar-refractivity contribution in [1.29, 1.82) is 0 Å². The SMILES string of the molecule is CCOc1cc2c(cc1O)C(=O)C[C@H]1[C@H]3CC[C@H](O)[C@]3(C)CC[C@@H]21. The van der Waals surface area contributed by atoms with Crippen molar-refractivity contribution in [3.8, 4) is 11.5 Å². The van der Waals surface area contributed by atoms with Crippen LogP contribution in [0.4, 0.5) is 0 Å². The summed E-state index contributed by atoms with van der Waals surface area (Å²) in [6, 6.07) is 3.48. The fourth-order valence-corrected chi connectivity index (χ4v) is 5.66. The summed E-state index contributed by atoms with van der Waals surface area (Å²) >= 11 is 0. The molecule has 0 saturated heterocycles. The topological polar surface area (TPSA) is 66.8 Å². The van der Waals surface area contributed by atoms with Gasteiger partial charge in [0.05, 0.1) is 12.7 Å². The highest BCUT2D eigenvalue weighted by molar-refractivity contribution is 5.99. The Morgan fingerprint density at radius 1 is 1.29 bits per heavy atom. The number of carbonyl (C=O) groups excluding carboxylic acids is 1. The Balaban J connectivity index is 1.76. The summed E-state index contributed by atoms with van der Waals surface area (Å²) in [7, 11) is 0. The molecule has 2 fully saturated rings. The van der Waals surface area contributed by atoms with E-state index in [0.717, 1.165) is 31.2 Å². The molecule has 0 aliphatic heterocycles. The number of rotatable bonds is 2. The van der Waals surface area contributed by atoms with Gasteiger partial charge in [-0.3, -0.25) is 4.79 Å². The van der Waals surface area contributed by atoms with Crippen LogP contribution in [0.2, 0.25) is 0 Å². The fourth-order valence-electron chi connectivity index (χ4n) is 5.66. The number of carbonyl (C=O) groups is 1. The molecule has 0 aromatic heterocycles. The first kappa shape index (κ1) is 15.9. The van der Waals surface area contributed by atoms with Crippen LogP contribution in [0.15, 0.2) is 12.1 Å². The minimum absolute atomic E-state index is 0.0430. The summed E-state index contributed by atoms with van der Waals surface area (Å²) in [4.78, 5) is 12.7. The number of fused-ring (bicyclic) bond motifs is 5. The minimum atomic E-state index is -0.237. The molecule has 1 aromatic rings. The van der Waals surface area contributed by atoms with Crippen molar-refractivity contribution in [2.45, 2.75) is 58.0 Å². The zero-order valence-electron chi connectivity index (χ0n) is 14.4. The van der Waals surface area contributed by atoms with E-state index >= 15 is 0 Å². The van der Waals surface area contributed by atoms with Crippen LogP contribution in [0.25, 0.3) is 0 Å². The van der Waals surface area contributed by atoms with E-state index in [-0.39, 0.29) is 23.1 Å². The Morgan fingerprint density at radius 2 is 2.08 bits per heavy atom. The number of Topliss-reactive ketones (excluding diaryl/α,β-unsaturated/α-hetero) is 1. The molecule has 3 aliphatic carbocycles. The highest BCUT2D eigenvalue weighted by Crippen LogP contribution is 2.61. The van der Waals surface area contributed by atoms with Crippen LogP contribution in [0.5, 0.6) is 11.5 Å². The molecule has 4 heteroatoms. The van der Waals surface area contributed by atoms with Gasteiger partial charge < -0.3 is 14.9 Å². The molecule has 24 heavy (non-hydrogen) atoms. The standard InChI is InChI=1S/C20H26O4/c1-3-24-18-10-12-11-6-7-20(2)15(4-5-19(20)23)13(11)8-16(21)14(12)9-17(18)22/h9-11,13,15,19,22-23H,3-8H2,1-2H3/t11-,13+,15+,19-,20+/m0/s1. The van der Waals surface area contributed by atoms with E-state index in [1.54, 1.807) is 6.07 Å². The number of ether oxygens (including phenoxy) is 1. The van der Waals surface area contributed by atoms with Crippen molar-refractivity contribution < 1.29 is 19.7 Å². The highest BCUT2D eigenvalue weighted by Gasteiger charge is 2.55. The molecule has 4 nitrogen and oxygen atoms in total. The van der Waals surface area contributed by atoms with Gasteiger partial charge in [-0.2, -0.15) is 0 Å². The normalized spacial score (nSPS) is 37.5. The van der Waals surface area contributed by atoms with Gasteiger partial charge in [0.25, 0.3) is 0 Å². The maximum Gasteiger partial charge on any atom is 0.163 e. The lowest BCUT2D eigenvalue weighted by molar-refractivity contribution is -0.0208. The third-order valence-electron chi connectivity index (χ3n) is 6.94. The van der Waals surface area contributed by atoms with Crippen LogP contribution in [-0.4, -0.2) is 28.7 Å². The first-order valence-corrected chi connectivity index (χ1v) is 9.16. The molecule has 2 N–H and O–H groups in total. The second kappa shape index (κ2) is 5.48. The maximum atomic E-state index is 12.7. The van der Waals surface area contributed by atoms with Gasteiger partial charge >= 0.3 is 0 Å². The lowest BCUT2D eigenvalue weighted by atomic mass is 9.55. The summed E-state index contributed by atoms with van der Waals surface area (Å²) in [5, 5.41) is 20.6. The summed E-state index contributed by atoms with van der Waals surface area (Å²) in [6.07, 6.45) is 4.16. The first-order chi connectivity index (χ1) is 11.5. The van der Waals surface area contributed by atoms with Crippen molar-refractivity contribution in [3.63, 3.8) is 0 Å². The zero-order chi connectivity index (χ0) is 17.1. The van der Waals surface area contributed by atoms with E-state index in [2.05, 4.69) is 6.92 Å². The molecular formula is C20H26O4. The van der Waals surface area contributed by atoms with E-state index in [9.17, 15) is 15.0 Å². The summed E-state index contributed by atoms with van der Waals surface area (Å²) in [5.41, 5.74) is 1.67. The monoisotopic (exact) mass is 330 g/mol. The molecule has 0 heterocycles. The van der Waals surface area contributed by atoms with Gasteiger partial charge in [0.15, 0.2) is 17.3 Å². The second-order valence-electron chi connectivity index (χ2n) is 7.98. The molecule has 1 aromatic carbocycles. The van der Waals surface area contributed by atoms with Gasteiger partial charge in [-0.1, -0.05) is 6.92 Å². The average Bonchev–Trinajstić information content (AvgIpc) is 2.85. The van der Waals surface area contributed by atoms with E-state index in [1.165, 1.54) is 0 Å². The van der Waals surface area contributed by atoms with E-state index in [4.69, 9.17) is 4.74 Å². The second-order valence-corrected chi connectivity index (χ2v) is 7.98. The number of ketones is 1. The number of aliphatic hydroxyl groups is 1. The maximum absolute atomic E-state index is 12.7. The molecule has 5 atom stereocenters. The predicted octanol–water partition coefficient (Wildman–Crippen LogP) is 3.65. The Kier molecular flexibility index (Phi) is 3.64. The largest absolute Gasteiger partial charge is 0.504 e. The summed E-state index contributed by atoms with van der Waals surface area (Å²) in [5.74, 6) is 1.70. The van der Waals surface area contributed by atoms with Crippen molar-refractivity contribution >= 4 is 5.78 Å². The number of aliphatic hydroxyl groups excluding tert-OH is 1. The first-order valence-electron chi connectivity index (χ1n) is 9.16. The minimum Gasteiger partial charge on any atom is -0.504 e. The van der Waals surface area contributed by atoms with Crippen molar-refractivity contribution in [2.75, 3.05) is 6.61 Å². The number of hydrogen-bond acceptors (Lipinski definition) is 4. The third-order valence-corrected chi connectivity index (χ3v) is 6.94. The highest BCUT2D eigenvalue weighted by atomic mass is 16.5.